The molecule has 0 atom stereocenters. The zero-order valence-corrected chi connectivity index (χ0v) is 17.9. The van der Waals surface area contributed by atoms with E-state index in [4.69, 9.17) is 16.4 Å². The number of aromatic hydroxyl groups is 1. The van der Waals surface area contributed by atoms with Gasteiger partial charge in [-0.25, -0.2) is 4.99 Å². The number of fused-ring (bicyclic) bond motifs is 2. The van der Waals surface area contributed by atoms with Crippen LogP contribution >= 0.6 is 11.6 Å². The first kappa shape index (κ1) is 20.5. The van der Waals surface area contributed by atoms with Gasteiger partial charge in [-0.2, -0.15) is 0 Å². The molecule has 1 amide bonds. The molecule has 1 aromatic heterocycles. The number of para-hydroxylation sites is 1. The van der Waals surface area contributed by atoms with Crippen molar-refractivity contribution < 1.29 is 14.7 Å². The molecule has 5 rings (SSSR count). The molecular formula is C23H22ClN5O3. The minimum Gasteiger partial charge on any atom is -0.494 e. The van der Waals surface area contributed by atoms with Crippen molar-refractivity contribution in [2.45, 2.75) is 18.9 Å². The molecule has 3 heterocycles. The molecule has 0 saturated carbocycles. The van der Waals surface area contributed by atoms with Gasteiger partial charge in [0.1, 0.15) is 11.4 Å². The van der Waals surface area contributed by atoms with Gasteiger partial charge in [-0.15, -0.1) is 0 Å². The molecule has 0 unspecified atom stereocenters. The second-order valence-electron chi connectivity index (χ2n) is 7.82. The Kier molecular flexibility index (Phi) is 5.55. The molecule has 2 aromatic carbocycles. The predicted octanol–water partition coefficient (Wildman–Crippen LogP) is 3.25. The van der Waals surface area contributed by atoms with Crippen molar-refractivity contribution in [3.63, 3.8) is 0 Å². The van der Waals surface area contributed by atoms with Crippen molar-refractivity contribution in [3.05, 3.63) is 58.6 Å². The number of piperidine rings is 1. The van der Waals surface area contributed by atoms with Crippen molar-refractivity contribution in [1.29, 1.82) is 0 Å². The molecule has 3 aromatic rings. The normalized spacial score (nSPS) is 17.4. The summed E-state index contributed by atoms with van der Waals surface area (Å²) in [6.07, 6.45) is 1.79. The second-order valence-corrected chi connectivity index (χ2v) is 8.26. The van der Waals surface area contributed by atoms with Crippen LogP contribution in [0.3, 0.4) is 0 Å². The van der Waals surface area contributed by atoms with E-state index in [1.165, 1.54) is 0 Å². The number of halogens is 1. The predicted molar refractivity (Wildman–Crippen MR) is 124 cm³/mol. The van der Waals surface area contributed by atoms with Crippen molar-refractivity contribution >= 4 is 45.5 Å². The molecule has 1 fully saturated rings. The Morgan fingerprint density at radius 2 is 2.06 bits per heavy atom. The van der Waals surface area contributed by atoms with Crippen LogP contribution in [-0.2, 0) is 9.63 Å². The summed E-state index contributed by atoms with van der Waals surface area (Å²) in [6.45, 7) is 1.58. The zero-order chi connectivity index (χ0) is 22.1. The maximum Gasteiger partial charge on any atom is 0.260 e. The molecule has 0 spiro atoms. The Hall–Kier alpha value is -3.36. The van der Waals surface area contributed by atoms with Gasteiger partial charge in [0, 0.05) is 27.5 Å². The summed E-state index contributed by atoms with van der Waals surface area (Å²) in [5, 5.41) is 22.4. The molecule has 0 radical (unpaired) electrons. The topological polar surface area (TPSA) is 111 Å². The van der Waals surface area contributed by atoms with Gasteiger partial charge in [-0.1, -0.05) is 35.0 Å². The van der Waals surface area contributed by atoms with Crippen molar-refractivity contribution in [3.8, 4) is 5.88 Å². The number of oxime groups is 1. The average Bonchev–Trinajstić information content (AvgIpc) is 3.30. The molecule has 32 heavy (non-hydrogen) atoms. The Morgan fingerprint density at radius 1 is 1.25 bits per heavy atom. The van der Waals surface area contributed by atoms with E-state index in [1.54, 1.807) is 18.2 Å². The van der Waals surface area contributed by atoms with E-state index >= 15 is 0 Å². The van der Waals surface area contributed by atoms with Crippen LogP contribution in [-0.4, -0.2) is 53.2 Å². The Labute approximate surface area is 189 Å². The number of aliphatic imine (C=N–C) groups is 1. The van der Waals surface area contributed by atoms with Crippen LogP contribution < -0.4 is 10.6 Å². The first-order valence-electron chi connectivity index (χ1n) is 10.5. The van der Waals surface area contributed by atoms with Gasteiger partial charge >= 0.3 is 0 Å². The number of aromatic nitrogens is 1. The van der Waals surface area contributed by atoms with Crippen LogP contribution in [0.2, 0.25) is 5.02 Å². The number of benzene rings is 2. The largest absolute Gasteiger partial charge is 0.494 e. The number of amides is 1. The number of aromatic amines is 1. The van der Waals surface area contributed by atoms with Gasteiger partial charge in [0.2, 0.25) is 0 Å². The number of nitrogens with zero attached hydrogens (tertiary/aromatic N) is 2. The van der Waals surface area contributed by atoms with Crippen molar-refractivity contribution in [2.75, 3.05) is 19.7 Å². The zero-order valence-electron chi connectivity index (χ0n) is 17.2. The summed E-state index contributed by atoms with van der Waals surface area (Å²) in [4.78, 5) is 25.4. The summed E-state index contributed by atoms with van der Waals surface area (Å²) in [7, 11) is 0. The fraction of sp³-hybridized carbons (Fsp3) is 0.261. The third kappa shape index (κ3) is 3.94. The summed E-state index contributed by atoms with van der Waals surface area (Å²) >= 11 is 6.19. The van der Waals surface area contributed by atoms with Crippen molar-refractivity contribution in [1.82, 2.24) is 15.6 Å². The van der Waals surface area contributed by atoms with Crippen molar-refractivity contribution in [2.24, 2.45) is 10.1 Å². The van der Waals surface area contributed by atoms with Crippen LogP contribution in [0.5, 0.6) is 5.88 Å². The van der Waals surface area contributed by atoms with E-state index in [0.717, 1.165) is 42.4 Å². The molecule has 164 valence electrons. The lowest BCUT2D eigenvalue weighted by atomic mass is 10.0. The fourth-order valence-corrected chi connectivity index (χ4v) is 4.29. The molecule has 2 aliphatic heterocycles. The first-order valence-corrected chi connectivity index (χ1v) is 10.9. The van der Waals surface area contributed by atoms with Gasteiger partial charge in [0.25, 0.3) is 5.91 Å². The minimum absolute atomic E-state index is 0.0369. The molecule has 2 aliphatic rings. The Bertz CT molecular complexity index is 1240. The fourth-order valence-electron chi connectivity index (χ4n) is 4.12. The SMILES string of the molecule is O=C(CO/N=C1/C(c2c(O)[nH]c3ccc(Cl)cc23)=Nc2ccccc21)NC1CCNCC1. The van der Waals surface area contributed by atoms with E-state index < -0.39 is 0 Å². The molecule has 8 nitrogen and oxygen atoms in total. The Morgan fingerprint density at radius 3 is 2.91 bits per heavy atom. The quantitative estimate of drug-likeness (QED) is 0.446. The van der Waals surface area contributed by atoms with Gasteiger partial charge in [0.15, 0.2) is 12.5 Å². The van der Waals surface area contributed by atoms with E-state index in [9.17, 15) is 9.90 Å². The van der Waals surface area contributed by atoms with Gasteiger partial charge in [-0.05, 0) is 50.2 Å². The third-order valence-electron chi connectivity index (χ3n) is 5.65. The standard InChI is InChI=1S/C23H22ClN5O3/c24-13-5-6-18-16(11-13)20(23(31)28-18)22-21(15-3-1-2-4-17(15)27-22)29-32-12-19(30)26-14-7-9-25-10-8-14/h1-6,11,14,25,28,31H,7-10,12H2,(H,26,30)/b29-21+. The number of carbonyl (C=O) groups is 1. The minimum atomic E-state index is -0.215. The van der Waals surface area contributed by atoms with Crippen LogP contribution in [0.4, 0.5) is 5.69 Å². The number of nitrogens with one attached hydrogen (secondary N) is 3. The summed E-state index contributed by atoms with van der Waals surface area (Å²) in [5.74, 6) is -0.252. The summed E-state index contributed by atoms with van der Waals surface area (Å²) < 4.78 is 0. The number of hydrogen-bond acceptors (Lipinski definition) is 6. The second kappa shape index (κ2) is 8.64. The third-order valence-corrected chi connectivity index (χ3v) is 5.88. The van der Waals surface area contributed by atoms with Crippen LogP contribution in [0, 0.1) is 0 Å². The maximum absolute atomic E-state index is 12.3. The number of carbonyl (C=O) groups excluding carboxylic acids is 1. The lowest BCUT2D eigenvalue weighted by Crippen LogP contribution is -2.43. The monoisotopic (exact) mass is 451 g/mol. The first-order chi connectivity index (χ1) is 15.6. The lowest BCUT2D eigenvalue weighted by molar-refractivity contribution is -0.126. The van der Waals surface area contributed by atoms with Gasteiger partial charge in [0.05, 0.1) is 11.3 Å². The molecular weight excluding hydrogens is 430 g/mol. The van der Waals surface area contributed by atoms with Crippen LogP contribution in [0.25, 0.3) is 10.9 Å². The maximum atomic E-state index is 12.3. The van der Waals surface area contributed by atoms with E-state index in [1.807, 2.05) is 24.3 Å². The molecule has 1 saturated heterocycles. The molecule has 4 N–H and O–H groups in total. The van der Waals surface area contributed by atoms with Gasteiger partial charge in [-0.3, -0.25) is 4.79 Å². The molecule has 0 aliphatic carbocycles. The summed E-state index contributed by atoms with van der Waals surface area (Å²) in [6, 6.07) is 12.9. The van der Waals surface area contributed by atoms with Crippen LogP contribution in [0.1, 0.15) is 24.0 Å². The van der Waals surface area contributed by atoms with Crippen LogP contribution in [0.15, 0.2) is 52.6 Å². The number of H-pyrrole nitrogens is 1. The highest BCUT2D eigenvalue weighted by Crippen LogP contribution is 2.36. The summed E-state index contributed by atoms with van der Waals surface area (Å²) in [5.41, 5.74) is 3.58. The van der Waals surface area contributed by atoms with E-state index in [0.29, 0.717) is 27.7 Å². The smallest absolute Gasteiger partial charge is 0.260 e. The number of hydrogen-bond donors (Lipinski definition) is 4. The Balaban J connectivity index is 1.42. The van der Waals surface area contributed by atoms with E-state index in [2.05, 4.69) is 25.8 Å². The highest BCUT2D eigenvalue weighted by atomic mass is 35.5. The average molecular weight is 452 g/mol. The highest BCUT2D eigenvalue weighted by molar-refractivity contribution is 6.58. The number of rotatable bonds is 5. The van der Waals surface area contributed by atoms with Gasteiger partial charge < -0.3 is 25.6 Å². The molecule has 0 bridgehead atoms. The lowest BCUT2D eigenvalue weighted by Gasteiger charge is -2.23. The highest BCUT2D eigenvalue weighted by Gasteiger charge is 2.29. The molecule has 9 heteroatoms. The van der Waals surface area contributed by atoms with E-state index in [-0.39, 0.29) is 24.4 Å².